The fourth-order valence-corrected chi connectivity index (χ4v) is 7.03. The van der Waals surface area contributed by atoms with Crippen molar-refractivity contribution in [3.8, 4) is 0 Å². The third-order valence-electron chi connectivity index (χ3n) is 10.2. The van der Waals surface area contributed by atoms with Gasteiger partial charge in [0, 0.05) is 18.9 Å². The molecule has 52 heavy (non-hydrogen) atoms. The van der Waals surface area contributed by atoms with Crippen LogP contribution in [-0.4, -0.2) is 49.2 Å². The van der Waals surface area contributed by atoms with Crippen molar-refractivity contribution in [3.05, 3.63) is 142 Å². The topological polar surface area (TPSA) is 90.7 Å². The lowest BCUT2D eigenvalue weighted by Gasteiger charge is -2.35. The van der Waals surface area contributed by atoms with E-state index >= 15 is 4.39 Å². The van der Waals surface area contributed by atoms with E-state index in [1.165, 1.54) is 30.3 Å². The van der Waals surface area contributed by atoms with E-state index in [4.69, 9.17) is 15.2 Å². The zero-order valence-electron chi connectivity index (χ0n) is 30.3. The average Bonchev–Trinajstić information content (AvgIpc) is 3.12. The Morgan fingerprint density at radius 2 is 1.48 bits per heavy atom. The van der Waals surface area contributed by atoms with Crippen molar-refractivity contribution < 1.29 is 32.2 Å². The molecule has 0 amide bonds. The molecule has 0 saturated carbocycles. The normalized spacial score (nSPS) is 19.2. The van der Waals surface area contributed by atoms with Gasteiger partial charge in [0.2, 0.25) is 0 Å². The number of morpholine rings is 1. The Hall–Kier alpha value is -4.31. The maximum Gasteiger partial charge on any atom is 0.306 e. The van der Waals surface area contributed by atoms with Gasteiger partial charge >= 0.3 is 5.97 Å². The van der Waals surface area contributed by atoms with Gasteiger partial charge in [-0.3, -0.25) is 9.59 Å². The highest BCUT2D eigenvalue weighted by Gasteiger charge is 2.31. The van der Waals surface area contributed by atoms with Crippen molar-refractivity contribution in [2.24, 2.45) is 11.7 Å². The molecule has 0 aliphatic carbocycles. The first kappa shape index (κ1) is 38.9. The molecule has 3 N–H and O–H groups in total. The van der Waals surface area contributed by atoms with Gasteiger partial charge in [-0.25, -0.2) is 13.2 Å². The summed E-state index contributed by atoms with van der Waals surface area (Å²) in [4.78, 5) is 26.6. The molecule has 5 rings (SSSR count). The molecule has 1 heterocycles. The van der Waals surface area contributed by atoms with Crippen molar-refractivity contribution in [1.82, 2.24) is 5.32 Å². The van der Waals surface area contributed by atoms with Crippen molar-refractivity contribution >= 4 is 11.8 Å². The lowest BCUT2D eigenvalue weighted by molar-refractivity contribution is -0.148. The minimum Gasteiger partial charge on any atom is -0.464 e. The van der Waals surface area contributed by atoms with Gasteiger partial charge in [-0.15, -0.1) is 0 Å². The van der Waals surface area contributed by atoms with Crippen LogP contribution in [0, 0.1) is 30.3 Å². The van der Waals surface area contributed by atoms with Crippen molar-refractivity contribution in [2.75, 3.05) is 13.2 Å². The Kier molecular flexibility index (Phi) is 13.4. The summed E-state index contributed by atoms with van der Waals surface area (Å²) in [5, 5.41) is 3.42. The molecular formula is C43H49F3N2O4. The van der Waals surface area contributed by atoms with Gasteiger partial charge in [-0.1, -0.05) is 80.1 Å². The number of Topliss-reactive ketones (excluding diaryl/α,β-unsaturated/α-hetero) is 1. The number of halogens is 3. The van der Waals surface area contributed by atoms with Crippen molar-refractivity contribution in [3.63, 3.8) is 0 Å². The third kappa shape index (κ3) is 10.2. The summed E-state index contributed by atoms with van der Waals surface area (Å²) in [5.41, 5.74) is 11.2. The highest BCUT2D eigenvalue weighted by molar-refractivity contribution is 5.87. The SMILES string of the molecule is Cc1ccc(C(c2ccc(F)cc2)[C@H](N)C(=O)Cc2cccc(F)c2CC[C@@H]2CN[C@H](COC(=O)C[C@@H](c3ccc(F)cc3)C(C)C)[C@H](C)O2)cc1. The van der Waals surface area contributed by atoms with Crippen LogP contribution in [0.15, 0.2) is 91.0 Å². The molecule has 1 fully saturated rings. The molecule has 1 unspecified atom stereocenters. The average molecular weight is 715 g/mol. The van der Waals surface area contributed by atoms with Crippen LogP contribution in [0.1, 0.15) is 78.8 Å². The van der Waals surface area contributed by atoms with Crippen LogP contribution in [-0.2, 0) is 31.9 Å². The van der Waals surface area contributed by atoms with Crippen LogP contribution in [0.25, 0.3) is 0 Å². The number of nitrogens with two attached hydrogens (primary N) is 1. The number of nitrogens with one attached hydrogen (secondary N) is 1. The Labute approximate surface area is 304 Å². The van der Waals surface area contributed by atoms with Crippen LogP contribution < -0.4 is 11.1 Å². The molecule has 6 atom stereocenters. The fraction of sp³-hybridized carbons (Fsp3) is 0.395. The monoisotopic (exact) mass is 714 g/mol. The summed E-state index contributed by atoms with van der Waals surface area (Å²) in [5.74, 6) is -2.11. The minimum atomic E-state index is -0.943. The molecule has 0 radical (unpaired) electrons. The number of carbonyl (C=O) groups is 2. The van der Waals surface area contributed by atoms with E-state index < -0.39 is 17.8 Å². The van der Waals surface area contributed by atoms with Gasteiger partial charge in [-0.05, 0) is 96.7 Å². The highest BCUT2D eigenvalue weighted by atomic mass is 19.1. The molecule has 6 nitrogen and oxygen atoms in total. The van der Waals surface area contributed by atoms with Gasteiger partial charge in [-0.2, -0.15) is 0 Å². The summed E-state index contributed by atoms with van der Waals surface area (Å²) in [7, 11) is 0. The Morgan fingerprint density at radius 3 is 2.08 bits per heavy atom. The number of hydrogen-bond donors (Lipinski definition) is 2. The summed E-state index contributed by atoms with van der Waals surface area (Å²) in [6.07, 6.45) is 0.501. The zero-order chi connectivity index (χ0) is 37.4. The molecule has 276 valence electrons. The Bertz CT molecular complexity index is 1730. The number of rotatable bonds is 15. The first-order chi connectivity index (χ1) is 24.9. The van der Waals surface area contributed by atoms with Crippen molar-refractivity contribution in [2.45, 2.75) is 89.5 Å². The standard InChI is InChI=1S/C43H49F3N2O4/c1-26(2)37(29-12-16-33(44)17-13-29)23-41(50)51-25-39-28(4)52-35(24-48-39)20-21-36-32(6-5-7-38(36)46)22-40(49)43(47)42(30-10-8-27(3)9-11-30)31-14-18-34(45)19-15-31/h5-19,26,28,35,37,39,42-43,48H,20-25,47H2,1-4H3/t28-,35+,37+,39+,42?,43+/m0/s1. The summed E-state index contributed by atoms with van der Waals surface area (Å²) >= 11 is 0. The molecule has 0 aromatic heterocycles. The Balaban J connectivity index is 1.16. The second-order valence-electron chi connectivity index (χ2n) is 14.3. The number of ether oxygens (including phenoxy) is 2. The first-order valence-corrected chi connectivity index (χ1v) is 18.1. The molecule has 9 heteroatoms. The number of ketones is 1. The molecule has 0 bridgehead atoms. The van der Waals surface area contributed by atoms with E-state index in [1.54, 1.807) is 36.4 Å². The van der Waals surface area contributed by atoms with E-state index in [1.807, 2.05) is 52.0 Å². The molecule has 4 aromatic carbocycles. The highest BCUT2D eigenvalue weighted by Crippen LogP contribution is 2.31. The maximum atomic E-state index is 15.3. The van der Waals surface area contributed by atoms with Gasteiger partial charge in [0.05, 0.1) is 30.7 Å². The second kappa shape index (κ2) is 17.9. The second-order valence-corrected chi connectivity index (χ2v) is 14.3. The zero-order valence-corrected chi connectivity index (χ0v) is 30.3. The lowest BCUT2D eigenvalue weighted by atomic mass is 9.81. The molecule has 1 saturated heterocycles. The van der Waals surface area contributed by atoms with E-state index in [-0.39, 0.29) is 72.9 Å². The number of benzene rings is 4. The van der Waals surface area contributed by atoms with Crippen LogP contribution in [0.3, 0.4) is 0 Å². The molecule has 4 aromatic rings. The van der Waals surface area contributed by atoms with Crippen molar-refractivity contribution in [1.29, 1.82) is 0 Å². The Morgan fingerprint density at radius 1 is 0.885 bits per heavy atom. The lowest BCUT2D eigenvalue weighted by Crippen LogP contribution is -2.53. The number of hydrogen-bond acceptors (Lipinski definition) is 6. The predicted octanol–water partition coefficient (Wildman–Crippen LogP) is 7.73. The van der Waals surface area contributed by atoms with Gasteiger partial charge in [0.25, 0.3) is 0 Å². The van der Waals surface area contributed by atoms with Gasteiger partial charge < -0.3 is 20.5 Å². The molecule has 1 aliphatic rings. The third-order valence-corrected chi connectivity index (χ3v) is 10.2. The van der Waals surface area contributed by atoms with Gasteiger partial charge in [0.15, 0.2) is 5.78 Å². The van der Waals surface area contributed by atoms with Crippen LogP contribution in [0.4, 0.5) is 13.2 Å². The van der Waals surface area contributed by atoms with Crippen LogP contribution in [0.5, 0.6) is 0 Å². The summed E-state index contributed by atoms with van der Waals surface area (Å²) in [6.45, 7) is 8.56. The summed E-state index contributed by atoms with van der Waals surface area (Å²) < 4.78 is 54.5. The summed E-state index contributed by atoms with van der Waals surface area (Å²) in [6, 6.07) is 23.6. The van der Waals surface area contributed by atoms with Crippen LogP contribution >= 0.6 is 0 Å². The number of carbonyl (C=O) groups excluding carboxylic acids is 2. The smallest absolute Gasteiger partial charge is 0.306 e. The van der Waals surface area contributed by atoms with Crippen LogP contribution in [0.2, 0.25) is 0 Å². The molecule has 0 spiro atoms. The van der Waals surface area contributed by atoms with E-state index in [9.17, 15) is 18.4 Å². The number of aryl methyl sites for hydroxylation is 1. The quantitative estimate of drug-likeness (QED) is 0.123. The van der Waals surface area contributed by atoms with Gasteiger partial charge in [0.1, 0.15) is 24.1 Å². The fourth-order valence-electron chi connectivity index (χ4n) is 7.03. The van der Waals surface area contributed by atoms with E-state index in [0.29, 0.717) is 30.5 Å². The maximum absolute atomic E-state index is 15.3. The number of esters is 1. The predicted molar refractivity (Wildman–Crippen MR) is 197 cm³/mol. The first-order valence-electron chi connectivity index (χ1n) is 18.1. The minimum absolute atomic E-state index is 0.0513. The largest absolute Gasteiger partial charge is 0.464 e. The van der Waals surface area contributed by atoms with E-state index in [2.05, 4.69) is 5.32 Å². The molecular weight excluding hydrogens is 665 g/mol. The van der Waals surface area contributed by atoms with E-state index in [0.717, 1.165) is 22.3 Å². The molecule has 1 aliphatic heterocycles.